The molecule has 2 heterocycles. The van der Waals surface area contributed by atoms with Crippen LogP contribution in [0.4, 0.5) is 28.7 Å². The number of nitrogens with one attached hydrogen (secondary N) is 1. The number of amides is 1. The summed E-state index contributed by atoms with van der Waals surface area (Å²) in [6, 6.07) is 27.7. The number of hydrogen-bond acceptors (Lipinski definition) is 7. The van der Waals surface area contributed by atoms with E-state index in [1.54, 1.807) is 6.20 Å². The van der Waals surface area contributed by atoms with Crippen molar-refractivity contribution < 1.29 is 9.53 Å². The van der Waals surface area contributed by atoms with Crippen LogP contribution in [-0.2, 0) is 9.53 Å². The van der Waals surface area contributed by atoms with Gasteiger partial charge in [0.25, 0.3) is 0 Å². The molecule has 8 heteroatoms. The molecule has 3 aromatic carbocycles. The quantitative estimate of drug-likeness (QED) is 0.387. The van der Waals surface area contributed by atoms with Crippen molar-refractivity contribution in [3.8, 4) is 11.3 Å². The highest BCUT2D eigenvalue weighted by Crippen LogP contribution is 2.28. The maximum Gasteiger partial charge on any atom is 0.237 e. The molecule has 0 saturated carbocycles. The molecule has 3 N–H and O–H groups in total. The number of rotatable bonds is 8. The summed E-state index contributed by atoms with van der Waals surface area (Å²) in [5.41, 5.74) is 11.1. The number of nitrogens with two attached hydrogens (primary N) is 1. The van der Waals surface area contributed by atoms with E-state index < -0.39 is 5.91 Å². The van der Waals surface area contributed by atoms with E-state index in [4.69, 9.17) is 15.5 Å². The molecule has 1 saturated heterocycles. The first-order valence-electron chi connectivity index (χ1n) is 11.9. The van der Waals surface area contributed by atoms with Crippen molar-refractivity contribution >= 4 is 34.6 Å². The van der Waals surface area contributed by atoms with Crippen molar-refractivity contribution in [2.45, 2.75) is 0 Å². The van der Waals surface area contributed by atoms with Crippen LogP contribution < -0.4 is 20.9 Å². The number of carbonyl (C=O) groups excluding carboxylic acids is 1. The van der Waals surface area contributed by atoms with Crippen LogP contribution >= 0.6 is 0 Å². The highest BCUT2D eigenvalue weighted by atomic mass is 16.5. The van der Waals surface area contributed by atoms with Crippen molar-refractivity contribution in [3.05, 3.63) is 91.1 Å². The van der Waals surface area contributed by atoms with Gasteiger partial charge in [-0.25, -0.2) is 9.97 Å². The second-order valence-corrected chi connectivity index (χ2v) is 8.47. The second kappa shape index (κ2) is 10.9. The smallest absolute Gasteiger partial charge is 0.237 e. The number of aromatic nitrogens is 2. The minimum absolute atomic E-state index is 0.0925. The summed E-state index contributed by atoms with van der Waals surface area (Å²) in [5, 5.41) is 3.29. The van der Waals surface area contributed by atoms with Gasteiger partial charge in [-0.15, -0.1) is 0 Å². The molecule has 1 aliphatic rings. The first-order valence-corrected chi connectivity index (χ1v) is 11.9. The van der Waals surface area contributed by atoms with Gasteiger partial charge in [0.15, 0.2) is 0 Å². The lowest BCUT2D eigenvalue weighted by atomic mass is 10.1. The van der Waals surface area contributed by atoms with Crippen LogP contribution in [0.25, 0.3) is 11.3 Å². The van der Waals surface area contributed by atoms with Crippen LogP contribution in [0.3, 0.4) is 0 Å². The Balaban J connectivity index is 1.31. The van der Waals surface area contributed by atoms with E-state index in [0.29, 0.717) is 5.95 Å². The summed E-state index contributed by atoms with van der Waals surface area (Å²) < 4.78 is 5.43. The SMILES string of the molecule is NC(=O)CN(c1ccccc1)c1ccc(-c2ccnc(Nc3ccc(N4CCOCC4)cc3)n2)cc1. The topological polar surface area (TPSA) is 96.6 Å². The number of benzene rings is 3. The van der Waals surface area contributed by atoms with Crippen LogP contribution in [0.1, 0.15) is 0 Å². The van der Waals surface area contributed by atoms with Gasteiger partial charge in [0.1, 0.15) is 6.54 Å². The normalized spacial score (nSPS) is 13.3. The van der Waals surface area contributed by atoms with Crippen molar-refractivity contribution in [2.24, 2.45) is 5.73 Å². The fourth-order valence-electron chi connectivity index (χ4n) is 4.19. The first-order chi connectivity index (χ1) is 17.7. The molecule has 1 aromatic heterocycles. The fourth-order valence-corrected chi connectivity index (χ4v) is 4.19. The van der Waals surface area contributed by atoms with E-state index in [-0.39, 0.29) is 6.54 Å². The molecule has 1 aliphatic heterocycles. The first kappa shape index (κ1) is 23.3. The number of carbonyl (C=O) groups is 1. The molecule has 182 valence electrons. The van der Waals surface area contributed by atoms with Crippen LogP contribution in [0.15, 0.2) is 91.1 Å². The van der Waals surface area contributed by atoms with Gasteiger partial charge in [-0.05, 0) is 54.6 Å². The van der Waals surface area contributed by atoms with Crippen LogP contribution in [0.5, 0.6) is 0 Å². The molecule has 8 nitrogen and oxygen atoms in total. The molecule has 5 rings (SSSR count). The Labute approximate surface area is 210 Å². The predicted molar refractivity (Wildman–Crippen MR) is 143 cm³/mol. The van der Waals surface area contributed by atoms with Gasteiger partial charge in [-0.3, -0.25) is 4.79 Å². The van der Waals surface area contributed by atoms with Gasteiger partial charge >= 0.3 is 0 Å². The van der Waals surface area contributed by atoms with E-state index in [1.165, 1.54) is 5.69 Å². The Morgan fingerprint density at radius 1 is 0.917 bits per heavy atom. The molecule has 0 atom stereocenters. The number of para-hydroxylation sites is 1. The molecule has 4 aromatic rings. The van der Waals surface area contributed by atoms with E-state index in [9.17, 15) is 4.79 Å². The molecule has 36 heavy (non-hydrogen) atoms. The van der Waals surface area contributed by atoms with Gasteiger partial charge < -0.3 is 25.6 Å². The average molecular weight is 481 g/mol. The molecule has 0 unspecified atom stereocenters. The number of morpholine rings is 1. The summed E-state index contributed by atoms with van der Waals surface area (Å²) in [7, 11) is 0. The van der Waals surface area contributed by atoms with Crippen molar-refractivity contribution in [1.82, 2.24) is 9.97 Å². The molecule has 0 radical (unpaired) electrons. The van der Waals surface area contributed by atoms with Gasteiger partial charge in [0.05, 0.1) is 18.9 Å². The zero-order chi connectivity index (χ0) is 24.7. The average Bonchev–Trinajstić information content (AvgIpc) is 2.93. The summed E-state index contributed by atoms with van der Waals surface area (Å²) in [6.07, 6.45) is 1.74. The van der Waals surface area contributed by atoms with Crippen LogP contribution in [-0.4, -0.2) is 48.7 Å². The molecule has 1 fully saturated rings. The van der Waals surface area contributed by atoms with E-state index in [2.05, 4.69) is 27.3 Å². The maximum atomic E-state index is 11.7. The number of ether oxygens (including phenoxy) is 1. The maximum absolute atomic E-state index is 11.7. The van der Waals surface area contributed by atoms with Crippen LogP contribution in [0, 0.1) is 0 Å². The lowest BCUT2D eigenvalue weighted by Crippen LogP contribution is -2.36. The number of anilines is 5. The molecule has 0 aliphatic carbocycles. The monoisotopic (exact) mass is 480 g/mol. The van der Waals surface area contributed by atoms with Crippen LogP contribution in [0.2, 0.25) is 0 Å². The Hall–Kier alpha value is -4.43. The van der Waals surface area contributed by atoms with Crippen molar-refractivity contribution in [3.63, 3.8) is 0 Å². The summed E-state index contributed by atoms with van der Waals surface area (Å²) >= 11 is 0. The Morgan fingerprint density at radius 3 is 2.31 bits per heavy atom. The predicted octanol–water partition coefficient (Wildman–Crippen LogP) is 4.35. The Bertz CT molecular complexity index is 1290. The summed E-state index contributed by atoms with van der Waals surface area (Å²) in [5.74, 6) is 0.128. The van der Waals surface area contributed by atoms with Gasteiger partial charge in [-0.2, -0.15) is 0 Å². The van der Waals surface area contributed by atoms with Gasteiger partial charge in [0.2, 0.25) is 11.9 Å². The third kappa shape index (κ3) is 5.61. The minimum Gasteiger partial charge on any atom is -0.378 e. The largest absolute Gasteiger partial charge is 0.378 e. The third-order valence-corrected chi connectivity index (χ3v) is 6.01. The lowest BCUT2D eigenvalue weighted by Gasteiger charge is -2.28. The lowest BCUT2D eigenvalue weighted by molar-refractivity contribution is -0.116. The minimum atomic E-state index is -0.396. The Morgan fingerprint density at radius 2 is 1.61 bits per heavy atom. The van der Waals surface area contributed by atoms with Gasteiger partial charge in [-0.1, -0.05) is 30.3 Å². The number of primary amides is 1. The van der Waals surface area contributed by atoms with Gasteiger partial charge in [0, 0.05) is 47.6 Å². The van der Waals surface area contributed by atoms with E-state index >= 15 is 0 Å². The molecule has 1 amide bonds. The number of hydrogen-bond donors (Lipinski definition) is 2. The molecular formula is C28H28N6O2. The summed E-state index contributed by atoms with van der Waals surface area (Å²) in [6.45, 7) is 3.42. The molecule has 0 spiro atoms. The summed E-state index contributed by atoms with van der Waals surface area (Å²) in [4.78, 5) is 25.0. The van der Waals surface area contributed by atoms with E-state index in [0.717, 1.165) is 54.6 Å². The third-order valence-electron chi connectivity index (χ3n) is 6.01. The van der Waals surface area contributed by atoms with E-state index in [1.807, 2.05) is 77.7 Å². The van der Waals surface area contributed by atoms with Crippen molar-refractivity contribution in [2.75, 3.05) is 48.0 Å². The highest BCUT2D eigenvalue weighted by Gasteiger charge is 2.13. The Kier molecular flexibility index (Phi) is 7.05. The molecule has 0 bridgehead atoms. The zero-order valence-electron chi connectivity index (χ0n) is 19.9. The number of nitrogens with zero attached hydrogens (tertiary/aromatic N) is 4. The van der Waals surface area contributed by atoms with Crippen molar-refractivity contribution in [1.29, 1.82) is 0 Å². The highest BCUT2D eigenvalue weighted by molar-refractivity contribution is 5.83. The standard InChI is InChI=1S/C28H28N6O2/c29-27(35)20-34(24-4-2-1-3-5-24)25-10-6-21(7-11-25)26-14-15-30-28(32-26)31-22-8-12-23(13-9-22)33-16-18-36-19-17-33/h1-15H,16-20H2,(H2,29,35)(H,30,31,32). The fraction of sp³-hybridized carbons (Fsp3) is 0.179. The zero-order valence-corrected chi connectivity index (χ0v) is 19.9. The second-order valence-electron chi connectivity index (χ2n) is 8.47. The molecular weight excluding hydrogens is 452 g/mol.